The molecule has 0 unspecified atom stereocenters. The summed E-state index contributed by atoms with van der Waals surface area (Å²) in [7, 11) is 0. The van der Waals surface area contributed by atoms with E-state index in [-0.39, 0.29) is 21.6 Å². The van der Waals surface area contributed by atoms with Crippen LogP contribution in [0.2, 0.25) is 0 Å². The molecule has 0 amide bonds. The van der Waals surface area contributed by atoms with E-state index in [4.69, 9.17) is 0 Å². The second kappa shape index (κ2) is 4.24. The minimum absolute atomic E-state index is 0.0261. The Morgan fingerprint density at radius 2 is 1.58 bits per heavy atom. The number of aromatic nitrogens is 1. The number of para-hydroxylation sites is 1. The van der Waals surface area contributed by atoms with Crippen LogP contribution in [-0.2, 0) is 0 Å². The van der Waals surface area contributed by atoms with Crippen LogP contribution < -0.4 is 5.56 Å². The highest BCUT2D eigenvalue weighted by Gasteiger charge is 2.17. The standard InChI is InChI=1S/C15H10FNO2/c16-17-12-9-5-4-8-11(12)14(18)13(15(17)19)10-6-2-1-3-7-10/h1-9,18H. The normalized spacial score (nSPS) is 10.8. The molecule has 0 aliphatic carbocycles. The van der Waals surface area contributed by atoms with E-state index in [0.717, 1.165) is 0 Å². The molecular weight excluding hydrogens is 245 g/mol. The van der Waals surface area contributed by atoms with Crippen LogP contribution in [0.5, 0.6) is 5.75 Å². The van der Waals surface area contributed by atoms with Gasteiger partial charge in [0.2, 0.25) is 0 Å². The molecule has 0 saturated carbocycles. The molecule has 1 heterocycles. The molecule has 0 fully saturated rings. The van der Waals surface area contributed by atoms with Crippen molar-refractivity contribution in [1.82, 2.24) is 4.79 Å². The van der Waals surface area contributed by atoms with Crippen molar-refractivity contribution < 1.29 is 9.59 Å². The highest BCUT2D eigenvalue weighted by molar-refractivity contribution is 5.91. The van der Waals surface area contributed by atoms with Crippen molar-refractivity contribution >= 4 is 10.9 Å². The second-order valence-electron chi connectivity index (χ2n) is 4.19. The summed E-state index contributed by atoms with van der Waals surface area (Å²) >= 11 is 0. The van der Waals surface area contributed by atoms with Gasteiger partial charge in [-0.3, -0.25) is 4.79 Å². The number of rotatable bonds is 1. The Balaban J connectivity index is 2.48. The third-order valence-corrected chi connectivity index (χ3v) is 3.06. The van der Waals surface area contributed by atoms with Crippen LogP contribution >= 0.6 is 0 Å². The first-order chi connectivity index (χ1) is 9.20. The van der Waals surface area contributed by atoms with Crippen LogP contribution in [0.15, 0.2) is 59.4 Å². The summed E-state index contributed by atoms with van der Waals surface area (Å²) in [6, 6.07) is 14.9. The maximum absolute atomic E-state index is 14.0. The van der Waals surface area contributed by atoms with Crippen LogP contribution in [0.3, 0.4) is 0 Å². The van der Waals surface area contributed by atoms with Crippen LogP contribution in [0.4, 0.5) is 4.48 Å². The number of hydrogen-bond donors (Lipinski definition) is 1. The number of pyridine rings is 1. The Labute approximate surface area is 108 Å². The maximum Gasteiger partial charge on any atom is 0.290 e. The van der Waals surface area contributed by atoms with Gasteiger partial charge in [-0.25, -0.2) is 0 Å². The molecule has 0 saturated heterocycles. The Morgan fingerprint density at radius 1 is 0.947 bits per heavy atom. The van der Waals surface area contributed by atoms with Crippen molar-refractivity contribution in [3.63, 3.8) is 0 Å². The third-order valence-electron chi connectivity index (χ3n) is 3.06. The van der Waals surface area contributed by atoms with Gasteiger partial charge in [-0.05, 0) is 17.7 Å². The zero-order valence-corrected chi connectivity index (χ0v) is 9.88. The largest absolute Gasteiger partial charge is 0.506 e. The number of fused-ring (bicyclic) bond motifs is 1. The van der Waals surface area contributed by atoms with Crippen molar-refractivity contribution in [1.29, 1.82) is 0 Å². The van der Waals surface area contributed by atoms with E-state index < -0.39 is 5.56 Å². The zero-order chi connectivity index (χ0) is 13.4. The lowest BCUT2D eigenvalue weighted by Crippen LogP contribution is -2.16. The van der Waals surface area contributed by atoms with Gasteiger partial charge in [0, 0.05) is 5.39 Å². The average molecular weight is 255 g/mol. The molecule has 0 bridgehead atoms. The molecular formula is C15H10FNO2. The molecule has 3 nitrogen and oxygen atoms in total. The number of benzene rings is 2. The molecule has 94 valence electrons. The first-order valence-corrected chi connectivity index (χ1v) is 5.78. The van der Waals surface area contributed by atoms with Crippen molar-refractivity contribution in [2.75, 3.05) is 0 Å². The van der Waals surface area contributed by atoms with Gasteiger partial charge in [0.25, 0.3) is 5.56 Å². The predicted molar refractivity (Wildman–Crippen MR) is 71.8 cm³/mol. The maximum atomic E-state index is 14.0. The summed E-state index contributed by atoms with van der Waals surface area (Å²) in [6.07, 6.45) is 0. The lowest BCUT2D eigenvalue weighted by molar-refractivity contribution is 0.369. The number of aromatic hydroxyl groups is 1. The molecule has 3 rings (SSSR count). The zero-order valence-electron chi connectivity index (χ0n) is 9.88. The fourth-order valence-corrected chi connectivity index (χ4v) is 2.15. The summed E-state index contributed by atoms with van der Waals surface area (Å²) in [5, 5.41) is 10.5. The van der Waals surface area contributed by atoms with Crippen molar-refractivity contribution in [3.8, 4) is 16.9 Å². The molecule has 1 N–H and O–H groups in total. The van der Waals surface area contributed by atoms with E-state index in [0.29, 0.717) is 10.9 Å². The van der Waals surface area contributed by atoms with E-state index in [1.54, 1.807) is 48.5 Å². The molecule has 1 aromatic heterocycles. The highest BCUT2D eigenvalue weighted by atomic mass is 19.2. The van der Waals surface area contributed by atoms with E-state index >= 15 is 0 Å². The first kappa shape index (κ1) is 11.5. The number of halogens is 1. The summed E-state index contributed by atoms with van der Waals surface area (Å²) < 4.78 is 14.0. The van der Waals surface area contributed by atoms with Crippen LogP contribution in [0, 0.1) is 0 Å². The Bertz CT molecular complexity index is 809. The van der Waals surface area contributed by atoms with Gasteiger partial charge >= 0.3 is 0 Å². The second-order valence-corrected chi connectivity index (χ2v) is 4.19. The van der Waals surface area contributed by atoms with E-state index in [2.05, 4.69) is 0 Å². The van der Waals surface area contributed by atoms with Crippen molar-refractivity contribution in [2.45, 2.75) is 0 Å². The predicted octanol–water partition coefficient (Wildman–Crippen LogP) is 3.11. The summed E-state index contributed by atoms with van der Waals surface area (Å²) in [5.74, 6) is -0.194. The topological polar surface area (TPSA) is 42.2 Å². The number of nitrogens with zero attached hydrogens (tertiary/aromatic N) is 1. The Hall–Kier alpha value is -2.62. The third kappa shape index (κ3) is 1.69. The van der Waals surface area contributed by atoms with E-state index in [1.165, 1.54) is 6.07 Å². The van der Waals surface area contributed by atoms with E-state index in [1.807, 2.05) is 0 Å². The monoisotopic (exact) mass is 255 g/mol. The van der Waals surface area contributed by atoms with Gasteiger partial charge in [-0.15, -0.1) is 4.79 Å². The molecule has 0 radical (unpaired) electrons. The summed E-state index contributed by atoms with van der Waals surface area (Å²) in [4.78, 5) is 12.1. The number of hydrogen-bond acceptors (Lipinski definition) is 2. The summed E-state index contributed by atoms with van der Waals surface area (Å²) in [6.45, 7) is 0. The van der Waals surface area contributed by atoms with Gasteiger partial charge in [-0.2, -0.15) is 0 Å². The molecule has 0 spiro atoms. The molecule has 0 atom stereocenters. The molecule has 3 aromatic rings. The van der Waals surface area contributed by atoms with Crippen LogP contribution in [-0.4, -0.2) is 9.90 Å². The smallest absolute Gasteiger partial charge is 0.290 e. The van der Waals surface area contributed by atoms with Gasteiger partial charge in [0.05, 0.1) is 11.1 Å². The molecule has 19 heavy (non-hydrogen) atoms. The minimum Gasteiger partial charge on any atom is -0.506 e. The fraction of sp³-hybridized carbons (Fsp3) is 0. The molecule has 2 aromatic carbocycles. The first-order valence-electron chi connectivity index (χ1n) is 5.78. The van der Waals surface area contributed by atoms with Gasteiger partial charge in [0.1, 0.15) is 5.75 Å². The fourth-order valence-electron chi connectivity index (χ4n) is 2.15. The minimum atomic E-state index is -0.859. The molecule has 4 heteroatoms. The Morgan fingerprint density at radius 3 is 2.32 bits per heavy atom. The molecule has 0 aliphatic heterocycles. The van der Waals surface area contributed by atoms with E-state index in [9.17, 15) is 14.4 Å². The van der Waals surface area contributed by atoms with Crippen LogP contribution in [0.1, 0.15) is 0 Å². The quantitative estimate of drug-likeness (QED) is 0.726. The average Bonchev–Trinajstić information content (AvgIpc) is 2.46. The van der Waals surface area contributed by atoms with Gasteiger partial charge in [0.15, 0.2) is 0 Å². The van der Waals surface area contributed by atoms with Crippen molar-refractivity contribution in [3.05, 3.63) is 65.0 Å². The van der Waals surface area contributed by atoms with Gasteiger partial charge in [-0.1, -0.05) is 46.9 Å². The van der Waals surface area contributed by atoms with Gasteiger partial charge < -0.3 is 5.11 Å². The highest BCUT2D eigenvalue weighted by Crippen LogP contribution is 2.32. The lowest BCUT2D eigenvalue weighted by atomic mass is 10.0. The van der Waals surface area contributed by atoms with Crippen LogP contribution in [0.25, 0.3) is 22.0 Å². The molecule has 0 aliphatic rings. The SMILES string of the molecule is O=c1c(-c2ccccc2)c(O)c2ccccc2n1F. The lowest BCUT2D eigenvalue weighted by Gasteiger charge is -2.09. The van der Waals surface area contributed by atoms with Crippen molar-refractivity contribution in [2.24, 2.45) is 0 Å². The summed E-state index contributed by atoms with van der Waals surface area (Å²) in [5.41, 5.74) is -0.337. The Kier molecular flexibility index (Phi) is 2.56.